The van der Waals surface area contributed by atoms with E-state index in [-0.39, 0.29) is 5.82 Å². The maximum absolute atomic E-state index is 13.8. The number of aromatic nitrogens is 1. The molecule has 20 heavy (non-hydrogen) atoms. The van der Waals surface area contributed by atoms with E-state index in [0.717, 1.165) is 21.1 Å². The van der Waals surface area contributed by atoms with Gasteiger partial charge in [0, 0.05) is 27.4 Å². The number of nitrogens with one attached hydrogen (secondary N) is 1. The Morgan fingerprint density at radius 1 is 1.05 bits per heavy atom. The summed E-state index contributed by atoms with van der Waals surface area (Å²) >= 11 is 3.33. The van der Waals surface area contributed by atoms with Crippen LogP contribution >= 0.6 is 15.9 Å². The van der Waals surface area contributed by atoms with Gasteiger partial charge in [-0.2, -0.15) is 0 Å². The number of anilines is 3. The number of nitrogens with zero attached hydrogens (tertiary/aromatic N) is 1. The average Bonchev–Trinajstić information content (AvgIpc) is 2.43. The van der Waals surface area contributed by atoms with Gasteiger partial charge in [0.2, 0.25) is 0 Å². The monoisotopic (exact) mass is 331 g/mol. The van der Waals surface area contributed by atoms with Crippen LogP contribution < -0.4 is 11.1 Å². The third-order valence-corrected chi connectivity index (χ3v) is 3.46. The number of nitrogens with two attached hydrogens (primary N) is 1. The van der Waals surface area contributed by atoms with Crippen molar-refractivity contribution in [2.75, 3.05) is 11.1 Å². The highest BCUT2D eigenvalue weighted by Gasteiger charge is 2.06. The van der Waals surface area contributed by atoms with Crippen LogP contribution in [0.15, 0.2) is 53.1 Å². The van der Waals surface area contributed by atoms with Gasteiger partial charge in [0.05, 0.1) is 11.2 Å². The van der Waals surface area contributed by atoms with Crippen LogP contribution in [0.3, 0.4) is 0 Å². The first kappa shape index (κ1) is 12.9. The molecule has 3 aromatic rings. The highest BCUT2D eigenvalue weighted by atomic mass is 79.9. The van der Waals surface area contributed by atoms with Gasteiger partial charge in [0.15, 0.2) is 0 Å². The van der Waals surface area contributed by atoms with Crippen LogP contribution in [-0.4, -0.2) is 4.98 Å². The number of pyridine rings is 1. The van der Waals surface area contributed by atoms with Gasteiger partial charge in [-0.05, 0) is 42.5 Å². The Morgan fingerprint density at radius 3 is 2.75 bits per heavy atom. The quantitative estimate of drug-likeness (QED) is 0.681. The maximum atomic E-state index is 13.8. The van der Waals surface area contributed by atoms with Crippen molar-refractivity contribution in [1.82, 2.24) is 4.98 Å². The van der Waals surface area contributed by atoms with Crippen LogP contribution in [0.25, 0.3) is 10.9 Å². The summed E-state index contributed by atoms with van der Waals surface area (Å²) in [5.74, 6) is -0.311. The molecule has 1 aromatic heterocycles. The Labute approximate surface area is 123 Å². The molecule has 0 spiro atoms. The molecule has 3 N–H and O–H groups in total. The van der Waals surface area contributed by atoms with Gasteiger partial charge in [-0.25, -0.2) is 4.39 Å². The molecule has 0 fully saturated rings. The summed E-state index contributed by atoms with van der Waals surface area (Å²) in [4.78, 5) is 4.26. The summed E-state index contributed by atoms with van der Waals surface area (Å²) in [5.41, 5.74) is 8.35. The molecule has 0 atom stereocenters. The highest BCUT2D eigenvalue weighted by molar-refractivity contribution is 9.10. The van der Waals surface area contributed by atoms with Crippen LogP contribution in [-0.2, 0) is 0 Å². The van der Waals surface area contributed by atoms with Crippen molar-refractivity contribution in [1.29, 1.82) is 0 Å². The fourth-order valence-electron chi connectivity index (χ4n) is 2.01. The number of hydrogen-bond acceptors (Lipinski definition) is 3. The van der Waals surface area contributed by atoms with E-state index in [1.807, 2.05) is 6.07 Å². The zero-order valence-electron chi connectivity index (χ0n) is 10.4. The zero-order chi connectivity index (χ0) is 14.1. The van der Waals surface area contributed by atoms with Crippen molar-refractivity contribution in [3.63, 3.8) is 0 Å². The third kappa shape index (κ3) is 2.44. The van der Waals surface area contributed by atoms with Gasteiger partial charge in [-0.3, -0.25) is 4.98 Å². The predicted molar refractivity (Wildman–Crippen MR) is 83.5 cm³/mol. The molecule has 1 heterocycles. The van der Waals surface area contributed by atoms with Gasteiger partial charge >= 0.3 is 0 Å². The lowest BCUT2D eigenvalue weighted by Crippen LogP contribution is -1.96. The molecule has 0 aliphatic heterocycles. The van der Waals surface area contributed by atoms with Gasteiger partial charge in [-0.1, -0.05) is 15.9 Å². The minimum atomic E-state index is -0.311. The van der Waals surface area contributed by atoms with E-state index in [1.165, 1.54) is 6.07 Å². The van der Waals surface area contributed by atoms with E-state index in [1.54, 1.807) is 36.5 Å². The lowest BCUT2D eigenvalue weighted by Gasteiger charge is -2.11. The van der Waals surface area contributed by atoms with E-state index in [9.17, 15) is 4.39 Å². The second kappa shape index (κ2) is 5.09. The molecule has 2 aromatic carbocycles. The Bertz CT molecular complexity index is 789. The molecule has 0 saturated carbocycles. The molecule has 0 aliphatic carbocycles. The fourth-order valence-corrected chi connectivity index (χ4v) is 2.37. The molecule has 3 nitrogen and oxygen atoms in total. The van der Waals surface area contributed by atoms with Crippen LogP contribution in [0, 0.1) is 5.82 Å². The summed E-state index contributed by atoms with van der Waals surface area (Å²) in [6.45, 7) is 0. The second-order valence-corrected chi connectivity index (χ2v) is 5.30. The second-order valence-electron chi connectivity index (χ2n) is 4.38. The van der Waals surface area contributed by atoms with Crippen LogP contribution in [0.4, 0.5) is 21.5 Å². The first-order valence-corrected chi connectivity index (χ1v) is 6.79. The average molecular weight is 332 g/mol. The fraction of sp³-hybridized carbons (Fsp3) is 0. The molecule has 5 heteroatoms. The number of rotatable bonds is 2. The van der Waals surface area contributed by atoms with Crippen molar-refractivity contribution in [3.05, 3.63) is 59.0 Å². The Morgan fingerprint density at radius 2 is 1.90 bits per heavy atom. The SMILES string of the molecule is Nc1ccc2c(Nc3cc(Br)ccc3F)ccnc2c1. The first-order valence-electron chi connectivity index (χ1n) is 6.00. The molecule has 0 radical (unpaired) electrons. The number of hydrogen-bond donors (Lipinski definition) is 2. The molecule has 100 valence electrons. The van der Waals surface area contributed by atoms with Crippen LogP contribution in [0.2, 0.25) is 0 Å². The highest BCUT2D eigenvalue weighted by Crippen LogP contribution is 2.29. The number of nitrogen functional groups attached to an aromatic ring is 1. The van der Waals surface area contributed by atoms with Gasteiger partial charge in [0.1, 0.15) is 5.82 Å². The zero-order valence-corrected chi connectivity index (χ0v) is 12.0. The first-order chi connectivity index (χ1) is 9.63. The van der Waals surface area contributed by atoms with E-state index >= 15 is 0 Å². The predicted octanol–water partition coefficient (Wildman–Crippen LogP) is 4.46. The summed E-state index contributed by atoms with van der Waals surface area (Å²) < 4.78 is 14.6. The Kier molecular flexibility index (Phi) is 3.28. The standard InChI is InChI=1S/C15H11BrFN3/c16-9-1-4-12(17)15(7-9)20-13-5-6-19-14-8-10(18)2-3-11(13)14/h1-8H,18H2,(H,19,20). The smallest absolute Gasteiger partial charge is 0.146 e. The lowest BCUT2D eigenvalue weighted by atomic mass is 10.1. The lowest BCUT2D eigenvalue weighted by molar-refractivity contribution is 0.631. The molecular weight excluding hydrogens is 321 g/mol. The normalized spacial score (nSPS) is 10.7. The number of benzene rings is 2. The van der Waals surface area contributed by atoms with E-state index in [0.29, 0.717) is 11.4 Å². The summed E-state index contributed by atoms with van der Waals surface area (Å²) in [6.07, 6.45) is 1.67. The number of fused-ring (bicyclic) bond motifs is 1. The van der Waals surface area contributed by atoms with Crippen LogP contribution in [0.1, 0.15) is 0 Å². The topological polar surface area (TPSA) is 50.9 Å². The van der Waals surface area contributed by atoms with Gasteiger partial charge in [-0.15, -0.1) is 0 Å². The minimum absolute atomic E-state index is 0.311. The van der Waals surface area contributed by atoms with Crippen molar-refractivity contribution < 1.29 is 4.39 Å². The minimum Gasteiger partial charge on any atom is -0.399 e. The Balaban J connectivity index is 2.09. The summed E-state index contributed by atoms with van der Waals surface area (Å²) in [7, 11) is 0. The van der Waals surface area contributed by atoms with E-state index in [4.69, 9.17) is 5.73 Å². The van der Waals surface area contributed by atoms with E-state index in [2.05, 4.69) is 26.2 Å². The maximum Gasteiger partial charge on any atom is 0.146 e. The largest absolute Gasteiger partial charge is 0.399 e. The molecule has 0 saturated heterocycles. The van der Waals surface area contributed by atoms with E-state index < -0.39 is 0 Å². The molecule has 3 rings (SSSR count). The third-order valence-electron chi connectivity index (χ3n) is 2.96. The van der Waals surface area contributed by atoms with Gasteiger partial charge < -0.3 is 11.1 Å². The van der Waals surface area contributed by atoms with Gasteiger partial charge in [0.25, 0.3) is 0 Å². The number of halogens is 2. The Hall–Kier alpha value is -2.14. The summed E-state index contributed by atoms with van der Waals surface area (Å²) in [6, 6.07) is 12.0. The van der Waals surface area contributed by atoms with Crippen molar-refractivity contribution >= 4 is 43.9 Å². The molecule has 0 unspecified atom stereocenters. The molecule has 0 amide bonds. The molecule has 0 aliphatic rings. The van der Waals surface area contributed by atoms with Crippen molar-refractivity contribution in [2.45, 2.75) is 0 Å². The molecular formula is C15H11BrFN3. The molecule has 0 bridgehead atoms. The van der Waals surface area contributed by atoms with Crippen molar-refractivity contribution in [3.8, 4) is 0 Å². The van der Waals surface area contributed by atoms with Crippen molar-refractivity contribution in [2.24, 2.45) is 0 Å². The van der Waals surface area contributed by atoms with Crippen LogP contribution in [0.5, 0.6) is 0 Å². The summed E-state index contributed by atoms with van der Waals surface area (Å²) in [5, 5.41) is 3.98.